The van der Waals surface area contributed by atoms with Gasteiger partial charge in [-0.05, 0) is 30.2 Å². The molecule has 0 atom stereocenters. The van der Waals surface area contributed by atoms with Gasteiger partial charge in [0.05, 0.1) is 42.6 Å². The van der Waals surface area contributed by atoms with E-state index in [-0.39, 0.29) is 17.6 Å². The normalized spacial score (nSPS) is 14.2. The molecule has 0 aliphatic carbocycles. The molecule has 0 N–H and O–H groups in total. The second kappa shape index (κ2) is 8.71. The Hall–Kier alpha value is -3.49. The highest BCUT2D eigenvalue weighted by atomic mass is 19.1. The third kappa shape index (κ3) is 4.21. The Balaban J connectivity index is 1.52. The van der Waals surface area contributed by atoms with Crippen LogP contribution in [0.1, 0.15) is 35.8 Å². The van der Waals surface area contributed by atoms with Crippen molar-refractivity contribution in [2.75, 3.05) is 38.2 Å². The SMILES string of the molecule is COc1cncc(N2CCN(C(=O)c3cnn(-c4ccc(F)cc4)c3C(C)C)CC2)n1. The number of anilines is 1. The Bertz CT molecular complexity index is 1060. The number of hydrogen-bond acceptors (Lipinski definition) is 6. The fourth-order valence-electron chi connectivity index (χ4n) is 3.76. The maximum atomic E-state index is 13.3. The molecule has 0 radical (unpaired) electrons. The Morgan fingerprint density at radius 1 is 1.06 bits per heavy atom. The number of carbonyl (C=O) groups excluding carboxylic acids is 1. The molecule has 0 spiro atoms. The molecule has 4 rings (SSSR count). The van der Waals surface area contributed by atoms with E-state index >= 15 is 0 Å². The van der Waals surface area contributed by atoms with E-state index in [0.717, 1.165) is 17.2 Å². The van der Waals surface area contributed by atoms with Crippen molar-refractivity contribution in [2.45, 2.75) is 19.8 Å². The highest BCUT2D eigenvalue weighted by molar-refractivity contribution is 5.95. The molecular formula is C22H25FN6O2. The molecule has 1 aromatic carbocycles. The Labute approximate surface area is 180 Å². The van der Waals surface area contributed by atoms with E-state index in [2.05, 4.69) is 20.0 Å². The van der Waals surface area contributed by atoms with Crippen LogP contribution >= 0.6 is 0 Å². The number of nitrogens with zero attached hydrogens (tertiary/aromatic N) is 6. The van der Waals surface area contributed by atoms with Gasteiger partial charge in [-0.25, -0.2) is 9.07 Å². The molecular weight excluding hydrogens is 399 g/mol. The summed E-state index contributed by atoms with van der Waals surface area (Å²) in [7, 11) is 1.56. The van der Waals surface area contributed by atoms with Crippen molar-refractivity contribution >= 4 is 11.7 Å². The van der Waals surface area contributed by atoms with Crippen LogP contribution in [0.4, 0.5) is 10.2 Å². The van der Waals surface area contributed by atoms with Crippen molar-refractivity contribution in [3.8, 4) is 11.6 Å². The van der Waals surface area contributed by atoms with Gasteiger partial charge in [-0.15, -0.1) is 0 Å². The van der Waals surface area contributed by atoms with Crippen molar-refractivity contribution in [3.63, 3.8) is 0 Å². The summed E-state index contributed by atoms with van der Waals surface area (Å²) in [5.74, 6) is 0.912. The van der Waals surface area contributed by atoms with Gasteiger partial charge in [-0.2, -0.15) is 10.1 Å². The first-order chi connectivity index (χ1) is 15.0. The fourth-order valence-corrected chi connectivity index (χ4v) is 3.76. The quantitative estimate of drug-likeness (QED) is 0.627. The van der Waals surface area contributed by atoms with Crippen LogP contribution in [0.3, 0.4) is 0 Å². The number of benzene rings is 1. The van der Waals surface area contributed by atoms with Crippen molar-refractivity contribution in [3.05, 3.63) is 59.9 Å². The van der Waals surface area contributed by atoms with E-state index in [0.29, 0.717) is 37.6 Å². The number of aromatic nitrogens is 4. The van der Waals surface area contributed by atoms with Crippen molar-refractivity contribution in [1.82, 2.24) is 24.6 Å². The number of halogens is 1. The largest absolute Gasteiger partial charge is 0.480 e. The molecule has 3 aromatic rings. The van der Waals surface area contributed by atoms with Crippen LogP contribution in [0.25, 0.3) is 5.69 Å². The minimum absolute atomic E-state index is 0.0477. The number of ether oxygens (including phenoxy) is 1. The maximum absolute atomic E-state index is 13.3. The molecule has 1 fully saturated rings. The smallest absolute Gasteiger partial charge is 0.257 e. The summed E-state index contributed by atoms with van der Waals surface area (Å²) in [6, 6.07) is 6.11. The van der Waals surface area contributed by atoms with Crippen LogP contribution in [-0.4, -0.2) is 63.8 Å². The number of carbonyl (C=O) groups is 1. The fraction of sp³-hybridized carbons (Fsp3) is 0.364. The molecule has 9 heteroatoms. The van der Waals surface area contributed by atoms with E-state index < -0.39 is 0 Å². The third-order valence-corrected chi connectivity index (χ3v) is 5.35. The van der Waals surface area contributed by atoms with E-state index in [4.69, 9.17) is 4.74 Å². The molecule has 162 valence electrons. The van der Waals surface area contributed by atoms with Gasteiger partial charge in [-0.1, -0.05) is 13.8 Å². The summed E-state index contributed by atoms with van der Waals surface area (Å²) in [4.78, 5) is 25.8. The van der Waals surface area contributed by atoms with E-state index in [9.17, 15) is 9.18 Å². The first kappa shape index (κ1) is 20.8. The number of rotatable bonds is 5. The third-order valence-electron chi connectivity index (χ3n) is 5.35. The summed E-state index contributed by atoms with van der Waals surface area (Å²) in [6.07, 6.45) is 4.88. The monoisotopic (exact) mass is 424 g/mol. The Morgan fingerprint density at radius 2 is 1.77 bits per heavy atom. The standard InChI is InChI=1S/C22H25FN6O2/c1-15(2)21-18(12-25-29(21)17-6-4-16(23)5-7-17)22(30)28-10-8-27(9-11-28)19-13-24-14-20(26-19)31-3/h4-7,12-15H,8-11H2,1-3H3. The molecule has 0 bridgehead atoms. The van der Waals surface area contributed by atoms with Crippen LogP contribution in [0.2, 0.25) is 0 Å². The molecule has 0 saturated carbocycles. The molecule has 1 saturated heterocycles. The van der Waals surface area contributed by atoms with Crippen LogP contribution in [0.5, 0.6) is 5.88 Å². The van der Waals surface area contributed by atoms with Gasteiger partial charge in [0.25, 0.3) is 5.91 Å². The van der Waals surface area contributed by atoms with Gasteiger partial charge in [-0.3, -0.25) is 9.78 Å². The lowest BCUT2D eigenvalue weighted by Gasteiger charge is -2.35. The highest BCUT2D eigenvalue weighted by Crippen LogP contribution is 2.25. The summed E-state index contributed by atoms with van der Waals surface area (Å²) < 4.78 is 20.2. The molecule has 1 amide bonds. The lowest BCUT2D eigenvalue weighted by atomic mass is 10.0. The van der Waals surface area contributed by atoms with E-state index in [1.54, 1.807) is 42.5 Å². The van der Waals surface area contributed by atoms with Gasteiger partial charge >= 0.3 is 0 Å². The topological polar surface area (TPSA) is 76.4 Å². The second-order valence-electron chi connectivity index (χ2n) is 7.69. The van der Waals surface area contributed by atoms with Gasteiger partial charge in [0.1, 0.15) is 5.82 Å². The first-order valence-corrected chi connectivity index (χ1v) is 10.2. The molecule has 1 aliphatic rings. The zero-order valence-electron chi connectivity index (χ0n) is 17.8. The van der Waals surface area contributed by atoms with Crippen molar-refractivity contribution < 1.29 is 13.9 Å². The summed E-state index contributed by atoms with van der Waals surface area (Å²) in [5.41, 5.74) is 2.12. The summed E-state index contributed by atoms with van der Waals surface area (Å²) >= 11 is 0. The molecule has 8 nitrogen and oxygen atoms in total. The van der Waals surface area contributed by atoms with E-state index in [1.165, 1.54) is 12.1 Å². The average molecular weight is 424 g/mol. The Morgan fingerprint density at radius 3 is 2.42 bits per heavy atom. The highest BCUT2D eigenvalue weighted by Gasteiger charge is 2.28. The van der Waals surface area contributed by atoms with Crippen LogP contribution in [0.15, 0.2) is 42.9 Å². The van der Waals surface area contributed by atoms with Crippen molar-refractivity contribution in [2.24, 2.45) is 0 Å². The lowest BCUT2D eigenvalue weighted by Crippen LogP contribution is -2.49. The minimum atomic E-state index is -0.308. The summed E-state index contributed by atoms with van der Waals surface area (Å²) in [5, 5.41) is 4.44. The predicted molar refractivity (Wildman–Crippen MR) is 114 cm³/mol. The van der Waals surface area contributed by atoms with Crippen molar-refractivity contribution in [1.29, 1.82) is 0 Å². The molecule has 2 aromatic heterocycles. The maximum Gasteiger partial charge on any atom is 0.257 e. The minimum Gasteiger partial charge on any atom is -0.480 e. The van der Waals surface area contributed by atoms with Gasteiger partial charge in [0, 0.05) is 26.2 Å². The number of hydrogen-bond donors (Lipinski definition) is 0. The lowest BCUT2D eigenvalue weighted by molar-refractivity contribution is 0.0745. The van der Waals surface area contributed by atoms with Gasteiger partial charge in [0.2, 0.25) is 5.88 Å². The molecule has 0 unspecified atom stereocenters. The average Bonchev–Trinajstić information content (AvgIpc) is 3.25. The zero-order valence-corrected chi connectivity index (χ0v) is 17.8. The zero-order chi connectivity index (χ0) is 22.0. The molecule has 1 aliphatic heterocycles. The number of methoxy groups -OCH3 is 1. The van der Waals surface area contributed by atoms with Crippen LogP contribution in [-0.2, 0) is 0 Å². The molecule has 3 heterocycles. The summed E-state index contributed by atoms with van der Waals surface area (Å²) in [6.45, 7) is 6.47. The van der Waals surface area contributed by atoms with Crippen LogP contribution in [0, 0.1) is 5.82 Å². The first-order valence-electron chi connectivity index (χ1n) is 10.2. The van der Waals surface area contributed by atoms with Gasteiger partial charge in [0.15, 0.2) is 5.82 Å². The van der Waals surface area contributed by atoms with Crippen LogP contribution < -0.4 is 9.64 Å². The van der Waals surface area contributed by atoms with Gasteiger partial charge < -0.3 is 14.5 Å². The number of piperazine rings is 1. The number of amides is 1. The van der Waals surface area contributed by atoms with E-state index in [1.807, 2.05) is 18.7 Å². The molecule has 31 heavy (non-hydrogen) atoms. The Kier molecular flexibility index (Phi) is 5.83. The predicted octanol–water partition coefficient (Wildman–Crippen LogP) is 2.90. The second-order valence-corrected chi connectivity index (χ2v) is 7.69.